The van der Waals surface area contributed by atoms with Crippen molar-refractivity contribution in [1.29, 1.82) is 0 Å². The average molecular weight is 275 g/mol. The van der Waals surface area contributed by atoms with Gasteiger partial charge in [0.25, 0.3) is 5.69 Å². The van der Waals surface area contributed by atoms with Gasteiger partial charge in [0.15, 0.2) is 0 Å². The summed E-state index contributed by atoms with van der Waals surface area (Å²) < 4.78 is 5.46. The largest absolute Gasteiger partial charge is 0.447 e. The minimum atomic E-state index is -0.402. The fourth-order valence-electron chi connectivity index (χ4n) is 1.95. The molecule has 0 spiro atoms. The smallest absolute Gasteiger partial charge is 0.269 e. The molecule has 1 aromatic heterocycles. The molecule has 0 aliphatic rings. The highest BCUT2D eigenvalue weighted by atomic mass is 16.6. The lowest BCUT2D eigenvalue weighted by molar-refractivity contribution is -0.384. The van der Waals surface area contributed by atoms with E-state index in [2.05, 4.69) is 10.3 Å². The maximum atomic E-state index is 10.6. The van der Waals surface area contributed by atoms with Gasteiger partial charge in [0, 0.05) is 12.1 Å². The Morgan fingerprint density at radius 3 is 2.60 bits per heavy atom. The van der Waals surface area contributed by atoms with E-state index in [9.17, 15) is 10.1 Å². The number of benzene rings is 1. The SMILES string of the molecule is CCc1coc([C@H](Cc2ccc([N+](=O)[O-])cc2)NC)n1. The van der Waals surface area contributed by atoms with Crippen LogP contribution < -0.4 is 5.32 Å². The molecule has 6 nitrogen and oxygen atoms in total. The van der Waals surface area contributed by atoms with Gasteiger partial charge in [-0.25, -0.2) is 4.98 Å². The van der Waals surface area contributed by atoms with Gasteiger partial charge in [-0.15, -0.1) is 0 Å². The third kappa shape index (κ3) is 3.21. The van der Waals surface area contributed by atoms with Gasteiger partial charge < -0.3 is 9.73 Å². The van der Waals surface area contributed by atoms with Crippen LogP contribution in [0.15, 0.2) is 34.9 Å². The van der Waals surface area contributed by atoms with Crippen molar-refractivity contribution in [2.24, 2.45) is 0 Å². The van der Waals surface area contributed by atoms with Crippen molar-refractivity contribution < 1.29 is 9.34 Å². The Balaban J connectivity index is 2.11. The molecule has 2 rings (SSSR count). The third-order valence-electron chi connectivity index (χ3n) is 3.17. The van der Waals surface area contributed by atoms with Gasteiger partial charge in [0.1, 0.15) is 6.26 Å². The molecule has 2 aromatic rings. The van der Waals surface area contributed by atoms with Gasteiger partial charge in [-0.1, -0.05) is 19.1 Å². The maximum absolute atomic E-state index is 10.6. The molecule has 0 fully saturated rings. The predicted molar refractivity (Wildman–Crippen MR) is 74.5 cm³/mol. The van der Waals surface area contributed by atoms with Crippen LogP contribution in [0.25, 0.3) is 0 Å². The van der Waals surface area contributed by atoms with Gasteiger partial charge >= 0.3 is 0 Å². The van der Waals surface area contributed by atoms with E-state index in [1.54, 1.807) is 18.4 Å². The number of aryl methyl sites for hydroxylation is 1. The van der Waals surface area contributed by atoms with E-state index in [0.29, 0.717) is 12.3 Å². The number of nitrogens with one attached hydrogen (secondary N) is 1. The van der Waals surface area contributed by atoms with Gasteiger partial charge in [-0.3, -0.25) is 10.1 Å². The van der Waals surface area contributed by atoms with E-state index >= 15 is 0 Å². The fraction of sp³-hybridized carbons (Fsp3) is 0.357. The van der Waals surface area contributed by atoms with Gasteiger partial charge in [-0.2, -0.15) is 0 Å². The molecule has 0 amide bonds. The summed E-state index contributed by atoms with van der Waals surface area (Å²) in [5, 5.41) is 13.8. The first-order valence-corrected chi connectivity index (χ1v) is 6.49. The van der Waals surface area contributed by atoms with Crippen LogP contribution in [0.1, 0.15) is 30.1 Å². The molecular weight excluding hydrogens is 258 g/mol. The fourth-order valence-corrected chi connectivity index (χ4v) is 1.95. The molecule has 1 N–H and O–H groups in total. The number of non-ortho nitro benzene ring substituents is 1. The first-order valence-electron chi connectivity index (χ1n) is 6.49. The highest BCUT2D eigenvalue weighted by molar-refractivity contribution is 5.33. The Labute approximate surface area is 117 Å². The number of nitro groups is 1. The number of nitrogens with zero attached hydrogens (tertiary/aromatic N) is 2. The normalized spacial score (nSPS) is 12.3. The lowest BCUT2D eigenvalue weighted by Gasteiger charge is -2.12. The van der Waals surface area contributed by atoms with Crippen molar-refractivity contribution in [2.45, 2.75) is 25.8 Å². The van der Waals surface area contributed by atoms with Crippen molar-refractivity contribution in [1.82, 2.24) is 10.3 Å². The number of aromatic nitrogens is 1. The molecule has 0 unspecified atom stereocenters. The molecule has 0 aliphatic heterocycles. The summed E-state index contributed by atoms with van der Waals surface area (Å²) in [5.41, 5.74) is 2.01. The Kier molecular flexibility index (Phi) is 4.47. The monoisotopic (exact) mass is 275 g/mol. The molecule has 0 bridgehead atoms. The molecule has 1 aromatic carbocycles. The van der Waals surface area contributed by atoms with E-state index in [-0.39, 0.29) is 11.7 Å². The topological polar surface area (TPSA) is 81.2 Å². The van der Waals surface area contributed by atoms with Crippen LogP contribution >= 0.6 is 0 Å². The zero-order chi connectivity index (χ0) is 14.5. The van der Waals surface area contributed by atoms with Crippen molar-refractivity contribution in [3.05, 3.63) is 57.8 Å². The highest BCUT2D eigenvalue weighted by Crippen LogP contribution is 2.20. The molecule has 0 radical (unpaired) electrons. The van der Waals surface area contributed by atoms with Gasteiger partial charge in [0.2, 0.25) is 5.89 Å². The maximum Gasteiger partial charge on any atom is 0.269 e. The van der Waals surface area contributed by atoms with Crippen LogP contribution in [0.2, 0.25) is 0 Å². The van der Waals surface area contributed by atoms with E-state index in [1.807, 2.05) is 14.0 Å². The number of hydrogen-bond donors (Lipinski definition) is 1. The highest BCUT2D eigenvalue weighted by Gasteiger charge is 2.16. The van der Waals surface area contributed by atoms with E-state index < -0.39 is 4.92 Å². The number of oxazole rings is 1. The Hall–Kier alpha value is -2.21. The molecule has 0 saturated carbocycles. The molecular formula is C14H17N3O3. The summed E-state index contributed by atoms with van der Waals surface area (Å²) in [6.45, 7) is 2.02. The summed E-state index contributed by atoms with van der Waals surface area (Å²) in [4.78, 5) is 14.6. The van der Waals surface area contributed by atoms with Crippen molar-refractivity contribution in [3.8, 4) is 0 Å². The Morgan fingerprint density at radius 2 is 2.10 bits per heavy atom. The molecule has 6 heteroatoms. The Bertz CT molecular complexity index is 578. The van der Waals surface area contributed by atoms with Crippen LogP contribution in [-0.4, -0.2) is 17.0 Å². The molecule has 1 atom stereocenters. The van der Waals surface area contributed by atoms with Crippen molar-refractivity contribution >= 4 is 5.69 Å². The van der Waals surface area contributed by atoms with Crippen LogP contribution in [0.5, 0.6) is 0 Å². The molecule has 0 aliphatic carbocycles. The van der Waals surface area contributed by atoms with Crippen LogP contribution in [0, 0.1) is 10.1 Å². The first-order chi connectivity index (χ1) is 9.63. The summed E-state index contributed by atoms with van der Waals surface area (Å²) in [6.07, 6.45) is 3.16. The number of hydrogen-bond acceptors (Lipinski definition) is 5. The summed E-state index contributed by atoms with van der Waals surface area (Å²) >= 11 is 0. The minimum absolute atomic E-state index is 0.0447. The van der Waals surface area contributed by atoms with Crippen LogP contribution in [-0.2, 0) is 12.8 Å². The average Bonchev–Trinajstić information content (AvgIpc) is 2.94. The number of nitro benzene ring substituents is 1. The zero-order valence-electron chi connectivity index (χ0n) is 11.5. The molecule has 106 valence electrons. The number of likely N-dealkylation sites (N-methyl/N-ethyl adjacent to an activating group) is 1. The van der Waals surface area contributed by atoms with Crippen LogP contribution in [0.3, 0.4) is 0 Å². The summed E-state index contributed by atoms with van der Waals surface area (Å²) in [5.74, 6) is 0.641. The second-order valence-corrected chi connectivity index (χ2v) is 4.50. The van der Waals surface area contributed by atoms with Gasteiger partial charge in [-0.05, 0) is 25.5 Å². The van der Waals surface area contributed by atoms with E-state index in [1.165, 1.54) is 12.1 Å². The second-order valence-electron chi connectivity index (χ2n) is 4.50. The number of rotatable bonds is 6. The molecule has 20 heavy (non-hydrogen) atoms. The quantitative estimate of drug-likeness (QED) is 0.647. The molecule has 0 saturated heterocycles. The summed E-state index contributed by atoms with van der Waals surface area (Å²) in [6, 6.07) is 6.49. The van der Waals surface area contributed by atoms with Crippen molar-refractivity contribution in [2.75, 3.05) is 7.05 Å². The second kappa shape index (κ2) is 6.29. The van der Waals surface area contributed by atoms with Gasteiger partial charge in [0.05, 0.1) is 16.7 Å². The third-order valence-corrected chi connectivity index (χ3v) is 3.17. The first kappa shape index (κ1) is 14.2. The lowest BCUT2D eigenvalue weighted by Crippen LogP contribution is -2.19. The molecule has 1 heterocycles. The van der Waals surface area contributed by atoms with E-state index in [4.69, 9.17) is 4.42 Å². The predicted octanol–water partition coefficient (Wildman–Crippen LogP) is 2.65. The van der Waals surface area contributed by atoms with Crippen LogP contribution in [0.4, 0.5) is 5.69 Å². The lowest BCUT2D eigenvalue weighted by atomic mass is 10.1. The minimum Gasteiger partial charge on any atom is -0.447 e. The Morgan fingerprint density at radius 1 is 1.40 bits per heavy atom. The summed E-state index contributed by atoms with van der Waals surface area (Å²) in [7, 11) is 1.84. The zero-order valence-corrected chi connectivity index (χ0v) is 11.5. The van der Waals surface area contributed by atoms with E-state index in [0.717, 1.165) is 17.7 Å². The van der Waals surface area contributed by atoms with Crippen molar-refractivity contribution in [3.63, 3.8) is 0 Å². The standard InChI is InChI=1S/C14H17N3O3/c1-3-11-9-20-14(16-11)13(15-2)8-10-4-6-12(7-5-10)17(18)19/h4-7,9,13,15H,3,8H2,1-2H3/t13-/m0/s1.